The quantitative estimate of drug-likeness (QED) is 0.280. The first-order valence-electron chi connectivity index (χ1n) is 10.1. The number of phenols is 1. The molecule has 3 aromatic rings. The molecule has 3 rings (SSSR count). The van der Waals surface area contributed by atoms with E-state index in [0.29, 0.717) is 5.56 Å². The third kappa shape index (κ3) is 5.10. The fourth-order valence-electron chi connectivity index (χ4n) is 3.34. The monoisotopic (exact) mass is 377 g/mol. The predicted octanol–water partition coefficient (Wildman–Crippen LogP) is 6.06. The van der Waals surface area contributed by atoms with Gasteiger partial charge in [-0.05, 0) is 42.7 Å². The molecule has 2 aromatic carbocycles. The normalized spacial score (nSPS) is 10.9. The van der Waals surface area contributed by atoms with Crippen molar-refractivity contribution in [3.8, 4) is 11.5 Å². The van der Waals surface area contributed by atoms with Crippen molar-refractivity contribution in [1.29, 1.82) is 0 Å². The van der Waals surface area contributed by atoms with Gasteiger partial charge in [0, 0.05) is 11.6 Å². The Hall–Kier alpha value is -2.88. The highest BCUT2D eigenvalue weighted by molar-refractivity contribution is 6.04. The second-order valence-electron chi connectivity index (χ2n) is 7.09. The number of benzene rings is 2. The molecule has 0 aliphatic rings. The van der Waals surface area contributed by atoms with Crippen molar-refractivity contribution in [1.82, 2.24) is 4.98 Å². The van der Waals surface area contributed by atoms with Crippen LogP contribution in [0, 0.1) is 0 Å². The zero-order valence-corrected chi connectivity index (χ0v) is 16.4. The van der Waals surface area contributed by atoms with Gasteiger partial charge in [-0.3, -0.25) is 4.98 Å². The van der Waals surface area contributed by atoms with Gasteiger partial charge < -0.3 is 9.84 Å². The molecule has 0 fully saturated rings. The number of ether oxygens (including phenoxy) is 1. The van der Waals surface area contributed by atoms with Gasteiger partial charge in [0.25, 0.3) is 0 Å². The number of rotatable bonds is 9. The number of phenolic OH excluding ortho intramolecular Hbond substituents is 1. The molecule has 0 saturated heterocycles. The van der Waals surface area contributed by atoms with Crippen LogP contribution in [0.1, 0.15) is 61.4 Å². The van der Waals surface area contributed by atoms with Crippen LogP contribution in [0.2, 0.25) is 0 Å². The van der Waals surface area contributed by atoms with Gasteiger partial charge in [0.1, 0.15) is 0 Å². The molecule has 0 aliphatic heterocycles. The molecule has 4 nitrogen and oxygen atoms in total. The summed E-state index contributed by atoms with van der Waals surface area (Å²) in [5.41, 5.74) is 2.22. The lowest BCUT2D eigenvalue weighted by molar-refractivity contribution is 0.0731. The number of aromatic hydroxyl groups is 1. The highest BCUT2D eigenvalue weighted by Gasteiger charge is 2.15. The predicted molar refractivity (Wildman–Crippen MR) is 112 cm³/mol. The van der Waals surface area contributed by atoms with Crippen molar-refractivity contribution in [2.75, 3.05) is 0 Å². The molecule has 146 valence electrons. The molecule has 0 atom stereocenters. The number of para-hydroxylation sites is 1. The van der Waals surface area contributed by atoms with Gasteiger partial charge in [0.05, 0.1) is 11.1 Å². The van der Waals surface area contributed by atoms with Crippen LogP contribution in [0.15, 0.2) is 54.7 Å². The van der Waals surface area contributed by atoms with Crippen molar-refractivity contribution in [3.05, 3.63) is 65.9 Å². The SMILES string of the molecule is CCCCCCCCc1ccc(OC(=O)c2ccnc3ccccc23)c(O)c1. The lowest BCUT2D eigenvalue weighted by atomic mass is 10.0. The van der Waals surface area contributed by atoms with E-state index in [-0.39, 0.29) is 11.5 Å². The Bertz CT molecular complexity index is 931. The van der Waals surface area contributed by atoms with Crippen LogP contribution in [0.3, 0.4) is 0 Å². The summed E-state index contributed by atoms with van der Waals surface area (Å²) in [4.78, 5) is 16.9. The van der Waals surface area contributed by atoms with E-state index in [0.717, 1.165) is 29.3 Å². The Kier molecular flexibility index (Phi) is 7.01. The molecule has 0 unspecified atom stereocenters. The van der Waals surface area contributed by atoms with Crippen LogP contribution in [0.25, 0.3) is 10.9 Å². The molecule has 4 heteroatoms. The molecular formula is C24H27NO3. The number of fused-ring (bicyclic) bond motifs is 1. The van der Waals surface area contributed by atoms with Crippen molar-refractivity contribution in [3.63, 3.8) is 0 Å². The Morgan fingerprint density at radius 1 is 1.00 bits per heavy atom. The van der Waals surface area contributed by atoms with E-state index >= 15 is 0 Å². The van der Waals surface area contributed by atoms with Crippen molar-refractivity contribution >= 4 is 16.9 Å². The second-order valence-corrected chi connectivity index (χ2v) is 7.09. The van der Waals surface area contributed by atoms with Crippen LogP contribution < -0.4 is 4.74 Å². The highest BCUT2D eigenvalue weighted by atomic mass is 16.5. The number of hydrogen-bond acceptors (Lipinski definition) is 4. The Labute approximate surface area is 166 Å². The van der Waals surface area contributed by atoms with E-state index in [1.807, 2.05) is 30.3 Å². The van der Waals surface area contributed by atoms with Crippen molar-refractivity contribution in [2.24, 2.45) is 0 Å². The van der Waals surface area contributed by atoms with Crippen LogP contribution in [0.4, 0.5) is 0 Å². The number of hydrogen-bond donors (Lipinski definition) is 1. The topological polar surface area (TPSA) is 59.4 Å². The van der Waals surface area contributed by atoms with Crippen molar-refractivity contribution < 1.29 is 14.6 Å². The summed E-state index contributed by atoms with van der Waals surface area (Å²) in [6, 6.07) is 14.3. The standard InChI is InChI=1S/C24H27NO3/c1-2-3-4-5-6-7-10-18-13-14-23(22(26)17-18)28-24(27)20-15-16-25-21-12-9-8-11-19(20)21/h8-9,11-17,26H,2-7,10H2,1H3. The lowest BCUT2D eigenvalue weighted by Gasteiger charge is -2.10. The van der Waals surface area contributed by atoms with Crippen LogP contribution >= 0.6 is 0 Å². The molecule has 1 heterocycles. The number of carbonyl (C=O) groups excluding carboxylic acids is 1. The number of pyridine rings is 1. The molecule has 0 bridgehead atoms. The minimum Gasteiger partial charge on any atom is -0.504 e. The van der Waals surface area contributed by atoms with E-state index < -0.39 is 5.97 Å². The third-order valence-corrected chi connectivity index (χ3v) is 4.91. The van der Waals surface area contributed by atoms with Crippen LogP contribution in [0.5, 0.6) is 11.5 Å². The highest BCUT2D eigenvalue weighted by Crippen LogP contribution is 2.29. The first-order valence-corrected chi connectivity index (χ1v) is 10.1. The summed E-state index contributed by atoms with van der Waals surface area (Å²) in [6.07, 6.45) is 9.91. The van der Waals surface area contributed by atoms with Gasteiger partial charge in [0.2, 0.25) is 0 Å². The summed E-state index contributed by atoms with van der Waals surface area (Å²) in [5.74, 6) is -0.328. The molecule has 1 N–H and O–H groups in total. The fourth-order valence-corrected chi connectivity index (χ4v) is 3.34. The molecule has 0 saturated carbocycles. The maximum absolute atomic E-state index is 12.6. The third-order valence-electron chi connectivity index (χ3n) is 4.91. The zero-order chi connectivity index (χ0) is 19.8. The smallest absolute Gasteiger partial charge is 0.344 e. The molecular weight excluding hydrogens is 350 g/mol. The van der Waals surface area contributed by atoms with E-state index in [4.69, 9.17) is 4.74 Å². The fraction of sp³-hybridized carbons (Fsp3) is 0.333. The van der Waals surface area contributed by atoms with Crippen LogP contribution in [-0.4, -0.2) is 16.1 Å². The van der Waals surface area contributed by atoms with Crippen LogP contribution in [-0.2, 0) is 6.42 Å². The summed E-state index contributed by atoms with van der Waals surface area (Å²) in [5, 5.41) is 11.0. The number of aryl methyl sites for hydroxylation is 1. The van der Waals surface area contributed by atoms with Gasteiger partial charge in [-0.25, -0.2) is 4.79 Å². The van der Waals surface area contributed by atoms with Crippen molar-refractivity contribution in [2.45, 2.75) is 51.9 Å². The number of aromatic nitrogens is 1. The Morgan fingerprint density at radius 2 is 1.79 bits per heavy atom. The van der Waals surface area contributed by atoms with E-state index in [1.54, 1.807) is 24.4 Å². The van der Waals surface area contributed by atoms with Gasteiger partial charge in [-0.1, -0.05) is 63.3 Å². The maximum Gasteiger partial charge on any atom is 0.344 e. The average molecular weight is 377 g/mol. The number of unbranched alkanes of at least 4 members (excludes halogenated alkanes) is 5. The maximum atomic E-state index is 12.6. The van der Waals surface area contributed by atoms with E-state index in [1.165, 1.54) is 32.1 Å². The first-order chi connectivity index (χ1) is 13.7. The number of carbonyl (C=O) groups is 1. The summed E-state index contributed by atoms with van der Waals surface area (Å²) in [6.45, 7) is 2.22. The lowest BCUT2D eigenvalue weighted by Crippen LogP contribution is -2.09. The molecule has 0 amide bonds. The van der Waals surface area contributed by atoms with Gasteiger partial charge in [-0.2, -0.15) is 0 Å². The molecule has 0 spiro atoms. The number of nitrogens with zero attached hydrogens (tertiary/aromatic N) is 1. The largest absolute Gasteiger partial charge is 0.504 e. The number of esters is 1. The summed E-state index contributed by atoms with van der Waals surface area (Å²) in [7, 11) is 0. The Balaban J connectivity index is 1.62. The Morgan fingerprint density at radius 3 is 2.61 bits per heavy atom. The van der Waals surface area contributed by atoms with Gasteiger partial charge in [-0.15, -0.1) is 0 Å². The molecule has 28 heavy (non-hydrogen) atoms. The minimum absolute atomic E-state index is 0.00445. The average Bonchev–Trinajstić information content (AvgIpc) is 2.72. The molecule has 0 aliphatic carbocycles. The van der Waals surface area contributed by atoms with E-state index in [2.05, 4.69) is 11.9 Å². The molecule has 0 radical (unpaired) electrons. The summed E-state index contributed by atoms with van der Waals surface area (Å²) >= 11 is 0. The first kappa shape index (κ1) is 19.9. The minimum atomic E-state index is -0.502. The zero-order valence-electron chi connectivity index (χ0n) is 16.4. The van der Waals surface area contributed by atoms with E-state index in [9.17, 15) is 9.90 Å². The van der Waals surface area contributed by atoms with Gasteiger partial charge >= 0.3 is 5.97 Å². The summed E-state index contributed by atoms with van der Waals surface area (Å²) < 4.78 is 5.45. The molecule has 1 aromatic heterocycles. The van der Waals surface area contributed by atoms with Gasteiger partial charge in [0.15, 0.2) is 11.5 Å². The second kappa shape index (κ2) is 9.88.